The van der Waals surface area contributed by atoms with Gasteiger partial charge >= 0.3 is 0 Å². The van der Waals surface area contributed by atoms with Crippen LogP contribution in [0.25, 0.3) is 0 Å². The van der Waals surface area contributed by atoms with Crippen molar-refractivity contribution >= 4 is 40.7 Å². The van der Waals surface area contributed by atoms with Crippen LogP contribution < -0.4 is 10.6 Å². The van der Waals surface area contributed by atoms with Crippen molar-refractivity contribution < 1.29 is 0 Å². The van der Waals surface area contributed by atoms with Crippen LogP contribution in [-0.2, 0) is 0 Å². The van der Waals surface area contributed by atoms with Crippen LogP contribution in [0.4, 0.5) is 17.5 Å². The van der Waals surface area contributed by atoms with E-state index in [1.165, 1.54) is 0 Å². The molecule has 0 amide bonds. The van der Waals surface area contributed by atoms with E-state index in [1.807, 2.05) is 12.1 Å². The van der Waals surface area contributed by atoms with E-state index in [0.717, 1.165) is 0 Å². The van der Waals surface area contributed by atoms with E-state index in [-0.39, 0.29) is 0 Å². The van der Waals surface area contributed by atoms with Gasteiger partial charge in [-0.15, -0.1) is 0 Å². The van der Waals surface area contributed by atoms with Crippen molar-refractivity contribution in [2.75, 3.05) is 17.7 Å². The average Bonchev–Trinajstić information content (AvgIpc) is 2.35. The van der Waals surface area contributed by atoms with Gasteiger partial charge in [-0.3, -0.25) is 0 Å². The summed E-state index contributed by atoms with van der Waals surface area (Å²) in [7, 11) is 1.76. The number of aromatic nitrogens is 2. The van der Waals surface area contributed by atoms with Crippen molar-refractivity contribution in [3.05, 3.63) is 40.5 Å². The highest BCUT2D eigenvalue weighted by Crippen LogP contribution is 2.31. The predicted octanol–water partition coefficient (Wildman–Crippen LogP) is 3.57. The highest BCUT2D eigenvalue weighted by Gasteiger charge is 2.05. The lowest BCUT2D eigenvalue weighted by Crippen LogP contribution is -2.00. The smallest absolute Gasteiger partial charge is 0.224 e. The van der Waals surface area contributed by atoms with Gasteiger partial charge in [0.25, 0.3) is 0 Å². The Kier molecular flexibility index (Phi) is 3.66. The molecule has 2 aromatic rings. The van der Waals surface area contributed by atoms with Crippen molar-refractivity contribution in [3.8, 4) is 0 Å². The Labute approximate surface area is 109 Å². The fourth-order valence-corrected chi connectivity index (χ4v) is 1.63. The lowest BCUT2D eigenvalue weighted by Gasteiger charge is -2.09. The molecule has 0 atom stereocenters. The summed E-state index contributed by atoms with van der Waals surface area (Å²) in [6.07, 6.45) is 1.65. The second-order valence-electron chi connectivity index (χ2n) is 3.24. The first-order chi connectivity index (χ1) is 8.20. The Morgan fingerprint density at radius 3 is 2.76 bits per heavy atom. The molecule has 0 bridgehead atoms. The third-order valence-corrected chi connectivity index (χ3v) is 2.91. The van der Waals surface area contributed by atoms with Gasteiger partial charge in [-0.25, -0.2) is 4.98 Å². The summed E-state index contributed by atoms with van der Waals surface area (Å²) >= 11 is 12.0. The third kappa shape index (κ3) is 2.78. The first-order valence-electron chi connectivity index (χ1n) is 4.92. The molecule has 2 N–H and O–H groups in total. The first-order valence-corrected chi connectivity index (χ1v) is 5.68. The summed E-state index contributed by atoms with van der Waals surface area (Å²) < 4.78 is 0. The monoisotopic (exact) mass is 268 g/mol. The van der Waals surface area contributed by atoms with Crippen LogP contribution in [0.3, 0.4) is 0 Å². The summed E-state index contributed by atoms with van der Waals surface area (Å²) in [6.45, 7) is 0. The molecular weight excluding hydrogens is 259 g/mol. The maximum absolute atomic E-state index is 6.06. The molecule has 0 unspecified atom stereocenters. The van der Waals surface area contributed by atoms with E-state index < -0.39 is 0 Å². The Hall–Kier alpha value is -1.52. The van der Waals surface area contributed by atoms with E-state index in [1.54, 1.807) is 25.4 Å². The van der Waals surface area contributed by atoms with E-state index in [9.17, 15) is 0 Å². The van der Waals surface area contributed by atoms with Crippen molar-refractivity contribution in [3.63, 3.8) is 0 Å². The Morgan fingerprint density at radius 1 is 1.18 bits per heavy atom. The largest absolute Gasteiger partial charge is 0.357 e. The molecule has 17 heavy (non-hydrogen) atoms. The standard InChI is InChI=1S/C11H10Cl2N4/c1-14-11-15-6-5-9(17-11)16-8-4-2-3-7(12)10(8)13/h2-6H,1H3,(H2,14,15,16,17). The second kappa shape index (κ2) is 5.21. The van der Waals surface area contributed by atoms with Gasteiger partial charge in [-0.1, -0.05) is 29.3 Å². The summed E-state index contributed by atoms with van der Waals surface area (Å²) in [5, 5.41) is 6.91. The topological polar surface area (TPSA) is 49.8 Å². The fraction of sp³-hybridized carbons (Fsp3) is 0.0909. The lowest BCUT2D eigenvalue weighted by atomic mass is 10.3. The molecule has 0 saturated carbocycles. The zero-order chi connectivity index (χ0) is 12.3. The number of rotatable bonds is 3. The van der Waals surface area contributed by atoms with Crippen LogP contribution >= 0.6 is 23.2 Å². The van der Waals surface area contributed by atoms with Crippen LogP contribution in [0.1, 0.15) is 0 Å². The normalized spacial score (nSPS) is 10.1. The third-order valence-electron chi connectivity index (χ3n) is 2.09. The fourth-order valence-electron chi connectivity index (χ4n) is 1.29. The lowest BCUT2D eigenvalue weighted by molar-refractivity contribution is 1.15. The van der Waals surface area contributed by atoms with Crippen molar-refractivity contribution in [2.45, 2.75) is 0 Å². The first kappa shape index (κ1) is 12.0. The van der Waals surface area contributed by atoms with Crippen LogP contribution in [-0.4, -0.2) is 17.0 Å². The maximum atomic E-state index is 6.06. The Balaban J connectivity index is 2.28. The van der Waals surface area contributed by atoms with Crippen LogP contribution in [0.2, 0.25) is 10.0 Å². The highest BCUT2D eigenvalue weighted by molar-refractivity contribution is 6.43. The van der Waals surface area contributed by atoms with Crippen LogP contribution in [0, 0.1) is 0 Å². The SMILES string of the molecule is CNc1nccc(Nc2cccc(Cl)c2Cl)n1. The molecule has 0 fully saturated rings. The molecule has 1 aromatic carbocycles. The van der Waals surface area contributed by atoms with Crippen LogP contribution in [0.15, 0.2) is 30.5 Å². The van der Waals surface area contributed by atoms with Crippen molar-refractivity contribution in [2.24, 2.45) is 0 Å². The predicted molar refractivity (Wildman–Crippen MR) is 71.3 cm³/mol. The van der Waals surface area contributed by atoms with E-state index in [0.29, 0.717) is 27.5 Å². The summed E-state index contributed by atoms with van der Waals surface area (Å²) in [5.41, 5.74) is 0.708. The number of nitrogens with zero attached hydrogens (tertiary/aromatic N) is 2. The minimum absolute atomic E-state index is 0.471. The number of anilines is 3. The molecular formula is C11H10Cl2N4. The van der Waals surface area contributed by atoms with E-state index >= 15 is 0 Å². The van der Waals surface area contributed by atoms with Gasteiger partial charge in [0.2, 0.25) is 5.95 Å². The quantitative estimate of drug-likeness (QED) is 0.894. The van der Waals surface area contributed by atoms with Gasteiger partial charge in [0.15, 0.2) is 0 Å². The molecule has 0 saturated heterocycles. The van der Waals surface area contributed by atoms with E-state index in [2.05, 4.69) is 20.6 Å². The molecule has 2 rings (SSSR count). The summed E-state index contributed by atoms with van der Waals surface area (Å²) in [5.74, 6) is 1.18. The average molecular weight is 269 g/mol. The van der Waals surface area contributed by atoms with Crippen molar-refractivity contribution in [1.82, 2.24) is 9.97 Å². The molecule has 0 aliphatic heterocycles. The van der Waals surface area contributed by atoms with Gasteiger partial charge in [0, 0.05) is 13.2 Å². The van der Waals surface area contributed by atoms with Gasteiger partial charge in [-0.2, -0.15) is 4.98 Å². The molecule has 0 radical (unpaired) electrons. The minimum Gasteiger partial charge on any atom is -0.357 e. The molecule has 0 spiro atoms. The Morgan fingerprint density at radius 2 is 2.00 bits per heavy atom. The molecule has 0 aliphatic rings. The zero-order valence-electron chi connectivity index (χ0n) is 9.04. The summed E-state index contributed by atoms with van der Waals surface area (Å²) in [4.78, 5) is 8.24. The van der Waals surface area contributed by atoms with Gasteiger partial charge in [0.05, 0.1) is 15.7 Å². The minimum atomic E-state index is 0.471. The number of halogens is 2. The molecule has 1 aromatic heterocycles. The molecule has 1 heterocycles. The number of benzene rings is 1. The molecule has 0 aliphatic carbocycles. The molecule has 6 heteroatoms. The maximum Gasteiger partial charge on any atom is 0.224 e. The van der Waals surface area contributed by atoms with Crippen LogP contribution in [0.5, 0.6) is 0 Å². The van der Waals surface area contributed by atoms with E-state index in [4.69, 9.17) is 23.2 Å². The van der Waals surface area contributed by atoms with Crippen molar-refractivity contribution in [1.29, 1.82) is 0 Å². The van der Waals surface area contributed by atoms with Gasteiger partial charge in [0.1, 0.15) is 5.82 Å². The zero-order valence-corrected chi connectivity index (χ0v) is 10.5. The second-order valence-corrected chi connectivity index (χ2v) is 4.03. The molecule has 4 nitrogen and oxygen atoms in total. The number of hydrogen-bond acceptors (Lipinski definition) is 4. The molecule has 88 valence electrons. The summed E-state index contributed by atoms with van der Waals surface area (Å²) in [6, 6.07) is 7.12. The Bertz CT molecular complexity index is 531. The van der Waals surface area contributed by atoms with Gasteiger partial charge < -0.3 is 10.6 Å². The number of hydrogen-bond donors (Lipinski definition) is 2. The van der Waals surface area contributed by atoms with Gasteiger partial charge in [-0.05, 0) is 18.2 Å². The number of nitrogens with one attached hydrogen (secondary N) is 2. The highest BCUT2D eigenvalue weighted by atomic mass is 35.5.